The molecule has 38 heavy (non-hydrogen) atoms. The monoisotopic (exact) mass is 541 g/mol. The number of hydrogen-bond acceptors (Lipinski definition) is 5. The Balaban J connectivity index is 1.79. The van der Waals surface area contributed by atoms with Gasteiger partial charge in [-0.3, -0.25) is 9.59 Å². The SMILES string of the molecule is COc1ccc(CNC(=O)C(C)N(Cc2ccc(F)cc2)C(=O)CN(Cc2ccccc2)S(C)(=O)=O)cc1. The second kappa shape index (κ2) is 13.2. The number of methoxy groups -OCH3 is 1. The number of carbonyl (C=O) groups is 2. The van der Waals surface area contributed by atoms with Gasteiger partial charge in [0.15, 0.2) is 0 Å². The third-order valence-electron chi connectivity index (χ3n) is 6.04. The molecule has 0 bridgehead atoms. The number of nitrogens with zero attached hydrogens (tertiary/aromatic N) is 2. The molecule has 202 valence electrons. The number of carbonyl (C=O) groups excluding carboxylic acids is 2. The highest BCUT2D eigenvalue weighted by molar-refractivity contribution is 7.88. The minimum absolute atomic E-state index is 0.000819. The molecule has 0 aliphatic heterocycles. The first-order valence-corrected chi connectivity index (χ1v) is 13.8. The molecule has 0 aromatic heterocycles. The number of amides is 2. The summed E-state index contributed by atoms with van der Waals surface area (Å²) in [5.41, 5.74) is 2.17. The van der Waals surface area contributed by atoms with E-state index in [1.165, 1.54) is 29.2 Å². The summed E-state index contributed by atoms with van der Waals surface area (Å²) in [6, 6.07) is 20.8. The third kappa shape index (κ3) is 8.39. The summed E-state index contributed by atoms with van der Waals surface area (Å²) in [4.78, 5) is 27.9. The van der Waals surface area contributed by atoms with E-state index in [1.54, 1.807) is 50.4 Å². The number of nitrogens with one attached hydrogen (secondary N) is 1. The van der Waals surface area contributed by atoms with Gasteiger partial charge in [0.05, 0.1) is 19.9 Å². The smallest absolute Gasteiger partial charge is 0.242 e. The van der Waals surface area contributed by atoms with Crippen molar-refractivity contribution in [1.82, 2.24) is 14.5 Å². The summed E-state index contributed by atoms with van der Waals surface area (Å²) in [5.74, 6) is -0.702. The first kappa shape index (κ1) is 28.8. The van der Waals surface area contributed by atoms with Crippen molar-refractivity contribution in [3.63, 3.8) is 0 Å². The zero-order valence-corrected chi connectivity index (χ0v) is 22.4. The Hall–Kier alpha value is -3.76. The molecule has 0 saturated carbocycles. The van der Waals surface area contributed by atoms with E-state index in [2.05, 4.69) is 5.32 Å². The molecule has 3 aromatic rings. The van der Waals surface area contributed by atoms with Crippen LogP contribution in [-0.4, -0.2) is 55.4 Å². The molecule has 0 radical (unpaired) electrons. The van der Waals surface area contributed by atoms with Gasteiger partial charge >= 0.3 is 0 Å². The Morgan fingerprint density at radius 3 is 2.05 bits per heavy atom. The van der Waals surface area contributed by atoms with E-state index in [0.29, 0.717) is 11.3 Å². The van der Waals surface area contributed by atoms with E-state index < -0.39 is 40.2 Å². The van der Waals surface area contributed by atoms with Crippen LogP contribution < -0.4 is 10.1 Å². The predicted octanol–water partition coefficient (Wildman–Crippen LogP) is 3.33. The standard InChI is InChI=1S/C28H32FN3O5S/c1-21(28(34)30-17-22-11-15-26(37-2)16-12-22)32(19-24-9-13-25(29)14-10-24)27(33)20-31(38(3,35)36)18-23-7-5-4-6-8-23/h4-16,21H,17-20H2,1-3H3,(H,30,34). The van der Waals surface area contributed by atoms with Gasteiger partial charge in [-0.15, -0.1) is 0 Å². The Morgan fingerprint density at radius 1 is 0.895 bits per heavy atom. The normalized spacial score (nSPS) is 12.1. The molecule has 0 spiro atoms. The quantitative estimate of drug-likeness (QED) is 0.380. The van der Waals surface area contributed by atoms with E-state index in [1.807, 2.05) is 18.2 Å². The molecule has 1 unspecified atom stereocenters. The highest BCUT2D eigenvalue weighted by atomic mass is 32.2. The van der Waals surface area contributed by atoms with E-state index in [4.69, 9.17) is 4.74 Å². The Bertz CT molecular complexity index is 1320. The molecular weight excluding hydrogens is 509 g/mol. The Morgan fingerprint density at radius 2 is 1.47 bits per heavy atom. The number of halogens is 1. The molecular formula is C28H32FN3O5S. The van der Waals surface area contributed by atoms with Crippen molar-refractivity contribution in [3.05, 3.63) is 101 Å². The molecule has 10 heteroatoms. The van der Waals surface area contributed by atoms with Crippen LogP contribution in [0.1, 0.15) is 23.6 Å². The van der Waals surface area contributed by atoms with Gasteiger partial charge in [0.25, 0.3) is 0 Å². The molecule has 1 atom stereocenters. The van der Waals surface area contributed by atoms with E-state index >= 15 is 0 Å². The van der Waals surface area contributed by atoms with Crippen molar-refractivity contribution in [2.45, 2.75) is 32.6 Å². The highest BCUT2D eigenvalue weighted by Crippen LogP contribution is 2.15. The van der Waals surface area contributed by atoms with Crippen molar-refractivity contribution in [1.29, 1.82) is 0 Å². The average Bonchev–Trinajstić information content (AvgIpc) is 2.91. The van der Waals surface area contributed by atoms with Crippen molar-refractivity contribution in [3.8, 4) is 5.75 Å². The zero-order chi connectivity index (χ0) is 27.7. The molecule has 0 aliphatic carbocycles. The van der Waals surface area contributed by atoms with Gasteiger partial charge in [0, 0.05) is 19.6 Å². The minimum atomic E-state index is -3.74. The summed E-state index contributed by atoms with van der Waals surface area (Å²) in [7, 11) is -2.18. The lowest BCUT2D eigenvalue weighted by Gasteiger charge is -2.31. The molecule has 0 heterocycles. The number of sulfonamides is 1. The van der Waals surface area contributed by atoms with Crippen LogP contribution in [0.25, 0.3) is 0 Å². The van der Waals surface area contributed by atoms with Crippen LogP contribution >= 0.6 is 0 Å². The maximum Gasteiger partial charge on any atom is 0.242 e. The summed E-state index contributed by atoms with van der Waals surface area (Å²) in [5, 5.41) is 2.82. The third-order valence-corrected chi connectivity index (χ3v) is 7.24. The summed E-state index contributed by atoms with van der Waals surface area (Å²) < 4.78 is 44.7. The van der Waals surface area contributed by atoms with Crippen molar-refractivity contribution in [2.24, 2.45) is 0 Å². The second-order valence-corrected chi connectivity index (χ2v) is 10.9. The van der Waals surface area contributed by atoms with Crippen molar-refractivity contribution in [2.75, 3.05) is 19.9 Å². The van der Waals surface area contributed by atoms with Crippen LogP contribution in [0.15, 0.2) is 78.9 Å². The first-order chi connectivity index (χ1) is 18.1. The van der Waals surface area contributed by atoms with Gasteiger partial charge in [-0.2, -0.15) is 4.31 Å². The largest absolute Gasteiger partial charge is 0.497 e. The van der Waals surface area contributed by atoms with Crippen LogP contribution in [0.3, 0.4) is 0 Å². The zero-order valence-electron chi connectivity index (χ0n) is 21.6. The first-order valence-electron chi connectivity index (χ1n) is 12.0. The lowest BCUT2D eigenvalue weighted by Crippen LogP contribution is -2.50. The minimum Gasteiger partial charge on any atom is -0.497 e. The van der Waals surface area contributed by atoms with Gasteiger partial charge in [0.2, 0.25) is 21.8 Å². The van der Waals surface area contributed by atoms with Gasteiger partial charge in [0.1, 0.15) is 17.6 Å². The topological polar surface area (TPSA) is 96.0 Å². The van der Waals surface area contributed by atoms with E-state index in [9.17, 15) is 22.4 Å². The van der Waals surface area contributed by atoms with E-state index in [0.717, 1.165) is 21.7 Å². The number of benzene rings is 3. The Labute approximate surface area is 223 Å². The molecule has 0 fully saturated rings. The summed E-state index contributed by atoms with van der Waals surface area (Å²) in [6.07, 6.45) is 1.04. The molecule has 8 nitrogen and oxygen atoms in total. The van der Waals surface area contributed by atoms with E-state index in [-0.39, 0.29) is 19.6 Å². The lowest BCUT2D eigenvalue weighted by molar-refractivity contribution is -0.140. The van der Waals surface area contributed by atoms with Gasteiger partial charge < -0.3 is 15.0 Å². The molecule has 3 aromatic carbocycles. The fraction of sp³-hybridized carbons (Fsp3) is 0.286. The molecule has 3 rings (SSSR count). The fourth-order valence-corrected chi connectivity index (χ4v) is 4.50. The second-order valence-electron chi connectivity index (χ2n) is 8.91. The van der Waals surface area contributed by atoms with Gasteiger partial charge in [-0.25, -0.2) is 12.8 Å². The predicted molar refractivity (Wildman–Crippen MR) is 143 cm³/mol. The number of rotatable bonds is 12. The molecule has 2 amide bonds. The number of hydrogen-bond donors (Lipinski definition) is 1. The fourth-order valence-electron chi connectivity index (χ4n) is 3.77. The van der Waals surface area contributed by atoms with Crippen LogP contribution in [0, 0.1) is 5.82 Å². The Kier molecular flexibility index (Phi) is 9.98. The van der Waals surface area contributed by atoms with Gasteiger partial charge in [-0.05, 0) is 47.9 Å². The van der Waals surface area contributed by atoms with Crippen LogP contribution in [-0.2, 0) is 39.2 Å². The van der Waals surface area contributed by atoms with Crippen LogP contribution in [0.5, 0.6) is 5.75 Å². The van der Waals surface area contributed by atoms with Crippen LogP contribution in [0.4, 0.5) is 4.39 Å². The average molecular weight is 542 g/mol. The lowest BCUT2D eigenvalue weighted by atomic mass is 10.1. The van der Waals surface area contributed by atoms with Gasteiger partial charge in [-0.1, -0.05) is 54.6 Å². The summed E-state index contributed by atoms with van der Waals surface area (Å²) >= 11 is 0. The number of ether oxygens (including phenoxy) is 1. The molecule has 1 N–H and O–H groups in total. The maximum atomic E-state index is 13.5. The summed E-state index contributed by atoms with van der Waals surface area (Å²) in [6.45, 7) is 1.36. The van der Waals surface area contributed by atoms with Crippen molar-refractivity contribution >= 4 is 21.8 Å². The molecule has 0 saturated heterocycles. The maximum absolute atomic E-state index is 13.5. The van der Waals surface area contributed by atoms with Crippen molar-refractivity contribution < 1.29 is 27.1 Å². The highest BCUT2D eigenvalue weighted by Gasteiger charge is 2.30. The van der Waals surface area contributed by atoms with Crippen LogP contribution in [0.2, 0.25) is 0 Å². The molecule has 0 aliphatic rings.